The van der Waals surface area contributed by atoms with Crippen molar-refractivity contribution in [2.45, 2.75) is 25.0 Å². The van der Waals surface area contributed by atoms with E-state index in [4.69, 9.17) is 9.47 Å². The lowest BCUT2D eigenvalue weighted by Crippen LogP contribution is -2.45. The van der Waals surface area contributed by atoms with E-state index in [1.807, 2.05) is 18.1 Å². The fraction of sp³-hybridized carbons (Fsp3) is 0.667. The molecule has 1 saturated carbocycles. The summed E-state index contributed by atoms with van der Waals surface area (Å²) < 4.78 is 13.4. The third-order valence-corrected chi connectivity index (χ3v) is 6.69. The van der Waals surface area contributed by atoms with E-state index < -0.39 is 0 Å². The molecule has 2 aromatic heterocycles. The zero-order valence-electron chi connectivity index (χ0n) is 15.4. The lowest BCUT2D eigenvalue weighted by Gasteiger charge is -2.42. The fourth-order valence-corrected chi connectivity index (χ4v) is 4.94. The van der Waals surface area contributed by atoms with Gasteiger partial charge in [-0.3, -0.25) is 0 Å². The molecule has 0 aromatic carbocycles. The van der Waals surface area contributed by atoms with Gasteiger partial charge in [0, 0.05) is 45.2 Å². The molecule has 2 aliphatic rings. The number of nitrogens with zero attached hydrogens (tertiary/aromatic N) is 4. The molecule has 1 aliphatic heterocycles. The van der Waals surface area contributed by atoms with Crippen LogP contribution >= 0.6 is 11.9 Å². The summed E-state index contributed by atoms with van der Waals surface area (Å²) in [6, 6.07) is 2.63. The van der Waals surface area contributed by atoms with Crippen molar-refractivity contribution < 1.29 is 9.47 Å². The molecule has 2 fully saturated rings. The van der Waals surface area contributed by atoms with Gasteiger partial charge in [0.1, 0.15) is 17.8 Å². The molecule has 1 saturated heterocycles. The average Bonchev–Trinajstić information content (AvgIpc) is 3.09. The summed E-state index contributed by atoms with van der Waals surface area (Å²) >= 11 is 1.97. The van der Waals surface area contributed by atoms with Crippen molar-refractivity contribution in [3.8, 4) is 0 Å². The number of rotatable bonds is 7. The molecule has 3 heterocycles. The molecule has 0 spiro atoms. The van der Waals surface area contributed by atoms with Gasteiger partial charge in [0.25, 0.3) is 0 Å². The van der Waals surface area contributed by atoms with Crippen molar-refractivity contribution in [2.75, 3.05) is 51.1 Å². The van der Waals surface area contributed by atoms with Crippen LogP contribution in [-0.2, 0) is 9.47 Å². The second-order valence-corrected chi connectivity index (χ2v) is 8.28. The van der Waals surface area contributed by atoms with Crippen LogP contribution in [0.1, 0.15) is 12.8 Å². The Morgan fingerprint density at radius 3 is 3.15 bits per heavy atom. The summed E-state index contributed by atoms with van der Waals surface area (Å²) in [5.41, 5.74) is 0.909. The number of ether oxygens (including phenoxy) is 2. The first-order valence-corrected chi connectivity index (χ1v) is 10.2. The van der Waals surface area contributed by atoms with E-state index in [1.165, 1.54) is 18.6 Å². The van der Waals surface area contributed by atoms with Crippen LogP contribution in [0.2, 0.25) is 0 Å². The Kier molecular flexibility index (Phi) is 5.63. The van der Waals surface area contributed by atoms with Crippen molar-refractivity contribution in [1.29, 1.82) is 0 Å². The first-order valence-electron chi connectivity index (χ1n) is 9.24. The number of anilines is 1. The molecule has 1 N–H and O–H groups in total. The Balaban J connectivity index is 1.24. The summed E-state index contributed by atoms with van der Waals surface area (Å²) in [6.45, 7) is 3.45. The Labute approximate surface area is 158 Å². The Bertz CT molecular complexity index is 718. The molecular formula is C18H27N5O2S. The normalized spacial score (nSPS) is 26.8. The van der Waals surface area contributed by atoms with Gasteiger partial charge in [0.05, 0.1) is 24.7 Å². The molecule has 1 aliphatic carbocycles. The SMILES string of the molecule is COCC1CN(SCC2CC(N(C)c3ncnc4[nH]ccc34)C2)CCO1. The van der Waals surface area contributed by atoms with Crippen LogP contribution in [0.3, 0.4) is 0 Å². The van der Waals surface area contributed by atoms with Crippen LogP contribution in [-0.4, -0.2) is 77.6 Å². The first-order chi connectivity index (χ1) is 12.7. The molecule has 8 heteroatoms. The highest BCUT2D eigenvalue weighted by Crippen LogP contribution is 2.37. The van der Waals surface area contributed by atoms with E-state index in [0.29, 0.717) is 12.6 Å². The summed E-state index contributed by atoms with van der Waals surface area (Å²) in [4.78, 5) is 14.3. The van der Waals surface area contributed by atoms with E-state index >= 15 is 0 Å². The number of nitrogens with one attached hydrogen (secondary N) is 1. The summed E-state index contributed by atoms with van der Waals surface area (Å²) in [6.07, 6.45) is 6.24. The minimum absolute atomic E-state index is 0.211. The van der Waals surface area contributed by atoms with Crippen LogP contribution in [0.15, 0.2) is 18.6 Å². The Hall–Kier alpha value is -1.35. The molecule has 142 valence electrons. The molecule has 0 radical (unpaired) electrons. The predicted octanol–water partition coefficient (Wildman–Crippen LogP) is 2.17. The highest BCUT2D eigenvalue weighted by Gasteiger charge is 2.34. The maximum Gasteiger partial charge on any atom is 0.142 e. The third-order valence-electron chi connectivity index (χ3n) is 5.37. The summed E-state index contributed by atoms with van der Waals surface area (Å²) in [5, 5.41) is 1.10. The number of morpholine rings is 1. The quantitative estimate of drug-likeness (QED) is 0.742. The lowest BCUT2D eigenvalue weighted by molar-refractivity contribution is -0.0386. The van der Waals surface area contributed by atoms with Crippen molar-refractivity contribution in [1.82, 2.24) is 19.3 Å². The zero-order chi connectivity index (χ0) is 17.9. The first kappa shape index (κ1) is 18.0. The van der Waals surface area contributed by atoms with Crippen molar-refractivity contribution >= 4 is 28.8 Å². The second kappa shape index (κ2) is 8.12. The molecular weight excluding hydrogens is 350 g/mol. The Morgan fingerprint density at radius 1 is 1.42 bits per heavy atom. The molecule has 1 unspecified atom stereocenters. The van der Waals surface area contributed by atoms with Gasteiger partial charge in [-0.2, -0.15) is 0 Å². The van der Waals surface area contributed by atoms with Gasteiger partial charge in [0.15, 0.2) is 0 Å². The van der Waals surface area contributed by atoms with Crippen LogP contribution in [0.5, 0.6) is 0 Å². The van der Waals surface area contributed by atoms with Gasteiger partial charge in [-0.05, 0) is 24.8 Å². The van der Waals surface area contributed by atoms with Crippen LogP contribution < -0.4 is 4.90 Å². The highest BCUT2D eigenvalue weighted by atomic mass is 32.2. The van der Waals surface area contributed by atoms with E-state index in [9.17, 15) is 0 Å². The topological polar surface area (TPSA) is 66.5 Å². The number of fused-ring (bicyclic) bond motifs is 1. The van der Waals surface area contributed by atoms with E-state index in [-0.39, 0.29) is 6.10 Å². The van der Waals surface area contributed by atoms with E-state index in [1.54, 1.807) is 13.4 Å². The summed E-state index contributed by atoms with van der Waals surface area (Å²) in [7, 11) is 3.89. The highest BCUT2D eigenvalue weighted by molar-refractivity contribution is 7.97. The monoisotopic (exact) mass is 377 g/mol. The molecule has 2 aromatic rings. The van der Waals surface area contributed by atoms with Gasteiger partial charge in [-0.15, -0.1) is 0 Å². The lowest BCUT2D eigenvalue weighted by atomic mass is 9.81. The third kappa shape index (κ3) is 3.83. The average molecular weight is 378 g/mol. The van der Waals surface area contributed by atoms with Crippen molar-refractivity contribution in [3.05, 3.63) is 18.6 Å². The van der Waals surface area contributed by atoms with Crippen molar-refractivity contribution in [2.24, 2.45) is 5.92 Å². The number of methoxy groups -OCH3 is 1. The van der Waals surface area contributed by atoms with Gasteiger partial charge in [0.2, 0.25) is 0 Å². The molecule has 0 amide bonds. The second-order valence-electron chi connectivity index (χ2n) is 7.17. The molecule has 1 atom stereocenters. The Morgan fingerprint density at radius 2 is 2.31 bits per heavy atom. The predicted molar refractivity (Wildman–Crippen MR) is 104 cm³/mol. The molecule has 26 heavy (non-hydrogen) atoms. The van der Waals surface area contributed by atoms with E-state index in [2.05, 4.69) is 37.3 Å². The minimum Gasteiger partial charge on any atom is -0.382 e. The van der Waals surface area contributed by atoms with Gasteiger partial charge in [-0.1, -0.05) is 11.9 Å². The van der Waals surface area contributed by atoms with Gasteiger partial charge < -0.3 is 19.4 Å². The van der Waals surface area contributed by atoms with Gasteiger partial charge in [-0.25, -0.2) is 14.3 Å². The number of aromatic amines is 1. The van der Waals surface area contributed by atoms with Crippen LogP contribution in [0.25, 0.3) is 11.0 Å². The number of hydrogen-bond donors (Lipinski definition) is 1. The minimum atomic E-state index is 0.211. The number of hydrogen-bond acceptors (Lipinski definition) is 7. The van der Waals surface area contributed by atoms with Crippen LogP contribution in [0, 0.1) is 5.92 Å². The van der Waals surface area contributed by atoms with Crippen molar-refractivity contribution in [3.63, 3.8) is 0 Å². The maximum atomic E-state index is 5.72. The molecule has 0 bridgehead atoms. The largest absolute Gasteiger partial charge is 0.382 e. The standard InChI is InChI=1S/C18H27N5O2S/c1-22(18-16-3-4-19-17(16)20-12-21-18)14-7-13(8-14)11-26-23-5-6-25-15(9-23)10-24-2/h3-4,12-15H,5-11H2,1-2H3,(H,19,20,21). The number of H-pyrrole nitrogens is 1. The number of aromatic nitrogens is 3. The van der Waals surface area contributed by atoms with E-state index in [0.717, 1.165) is 42.5 Å². The smallest absolute Gasteiger partial charge is 0.142 e. The molecule has 7 nitrogen and oxygen atoms in total. The fourth-order valence-electron chi connectivity index (χ4n) is 3.77. The maximum absolute atomic E-state index is 5.72. The summed E-state index contributed by atoms with van der Waals surface area (Å²) in [5.74, 6) is 3.00. The van der Waals surface area contributed by atoms with Crippen LogP contribution in [0.4, 0.5) is 5.82 Å². The zero-order valence-corrected chi connectivity index (χ0v) is 16.2. The van der Waals surface area contributed by atoms with Gasteiger partial charge >= 0.3 is 0 Å². The molecule has 4 rings (SSSR count).